The molecule has 0 atom stereocenters. The lowest BCUT2D eigenvalue weighted by molar-refractivity contribution is -0.126. The number of amides is 1. The summed E-state index contributed by atoms with van der Waals surface area (Å²) in [5, 5.41) is 6.31. The average Bonchev–Trinajstić information content (AvgIpc) is 2.44. The molecular formula is C16H22BrClN2O2. The lowest BCUT2D eigenvalue weighted by atomic mass is 9.74. The van der Waals surface area contributed by atoms with Crippen LogP contribution in [0.15, 0.2) is 28.7 Å². The summed E-state index contributed by atoms with van der Waals surface area (Å²) < 4.78 is 6.61. The van der Waals surface area contributed by atoms with Gasteiger partial charge in [-0.25, -0.2) is 0 Å². The van der Waals surface area contributed by atoms with Gasteiger partial charge in [-0.2, -0.15) is 0 Å². The van der Waals surface area contributed by atoms with Gasteiger partial charge in [-0.15, -0.1) is 12.4 Å². The third-order valence-electron chi connectivity index (χ3n) is 4.64. The molecule has 2 aliphatic rings. The second-order valence-corrected chi connectivity index (χ2v) is 6.89. The van der Waals surface area contributed by atoms with E-state index in [-0.39, 0.29) is 29.6 Å². The van der Waals surface area contributed by atoms with Crippen LogP contribution in [0.5, 0.6) is 0 Å². The van der Waals surface area contributed by atoms with Gasteiger partial charge in [0.2, 0.25) is 5.91 Å². The van der Waals surface area contributed by atoms with Crippen LogP contribution in [0.25, 0.3) is 0 Å². The Balaban J connectivity index is 0.00000176. The van der Waals surface area contributed by atoms with E-state index < -0.39 is 0 Å². The molecule has 6 heteroatoms. The highest BCUT2D eigenvalue weighted by Gasteiger charge is 2.36. The summed E-state index contributed by atoms with van der Waals surface area (Å²) in [7, 11) is 0. The van der Waals surface area contributed by atoms with Crippen molar-refractivity contribution in [3.8, 4) is 0 Å². The van der Waals surface area contributed by atoms with E-state index in [1.165, 1.54) is 5.56 Å². The normalized spacial score (nSPS) is 20.6. The number of hydrogen-bond acceptors (Lipinski definition) is 3. The first kappa shape index (κ1) is 17.7. The SMILES string of the molecule is Cl.O=C(NCC1(c2cccc(Br)c2)CCOCC1)C1CNC1. The zero-order valence-corrected chi connectivity index (χ0v) is 14.8. The Bertz CT molecular complexity index is 517. The van der Waals surface area contributed by atoms with Gasteiger partial charge in [0.05, 0.1) is 5.92 Å². The first-order chi connectivity index (χ1) is 10.2. The van der Waals surface area contributed by atoms with E-state index in [2.05, 4.69) is 44.8 Å². The van der Waals surface area contributed by atoms with Crippen LogP contribution in [0.2, 0.25) is 0 Å². The highest BCUT2D eigenvalue weighted by atomic mass is 79.9. The second kappa shape index (κ2) is 7.77. The van der Waals surface area contributed by atoms with Gasteiger partial charge in [-0.3, -0.25) is 4.79 Å². The molecule has 22 heavy (non-hydrogen) atoms. The molecule has 0 spiro atoms. The van der Waals surface area contributed by atoms with Gasteiger partial charge >= 0.3 is 0 Å². The Morgan fingerprint density at radius 3 is 2.68 bits per heavy atom. The minimum Gasteiger partial charge on any atom is -0.381 e. The molecule has 1 amide bonds. The second-order valence-electron chi connectivity index (χ2n) is 5.98. The van der Waals surface area contributed by atoms with Gasteiger partial charge in [0.25, 0.3) is 0 Å². The fourth-order valence-electron chi connectivity index (χ4n) is 3.02. The van der Waals surface area contributed by atoms with E-state index in [4.69, 9.17) is 4.74 Å². The highest BCUT2D eigenvalue weighted by Crippen LogP contribution is 2.35. The number of carbonyl (C=O) groups excluding carboxylic acids is 1. The smallest absolute Gasteiger partial charge is 0.225 e. The van der Waals surface area contributed by atoms with Crippen molar-refractivity contribution in [2.75, 3.05) is 32.8 Å². The molecule has 2 N–H and O–H groups in total. The average molecular weight is 390 g/mol. The van der Waals surface area contributed by atoms with Crippen molar-refractivity contribution in [2.24, 2.45) is 5.92 Å². The zero-order chi connectivity index (χ0) is 14.7. The predicted molar refractivity (Wildman–Crippen MR) is 92.5 cm³/mol. The van der Waals surface area contributed by atoms with Crippen molar-refractivity contribution in [3.63, 3.8) is 0 Å². The predicted octanol–water partition coefficient (Wildman–Crippen LogP) is 2.25. The van der Waals surface area contributed by atoms with Crippen LogP contribution in [-0.4, -0.2) is 38.8 Å². The fraction of sp³-hybridized carbons (Fsp3) is 0.562. The maximum absolute atomic E-state index is 12.1. The number of nitrogens with one attached hydrogen (secondary N) is 2. The van der Waals surface area contributed by atoms with Crippen LogP contribution in [-0.2, 0) is 14.9 Å². The Morgan fingerprint density at radius 1 is 1.36 bits per heavy atom. The molecule has 0 unspecified atom stereocenters. The number of carbonyl (C=O) groups is 1. The molecule has 3 rings (SSSR count). The number of hydrogen-bond donors (Lipinski definition) is 2. The van der Waals surface area contributed by atoms with Gasteiger partial charge in [-0.1, -0.05) is 28.1 Å². The van der Waals surface area contributed by atoms with Gasteiger partial charge in [0.15, 0.2) is 0 Å². The molecular weight excluding hydrogens is 368 g/mol. The van der Waals surface area contributed by atoms with Crippen molar-refractivity contribution in [1.82, 2.24) is 10.6 Å². The lowest BCUT2D eigenvalue weighted by Gasteiger charge is -2.39. The number of benzene rings is 1. The fourth-order valence-corrected chi connectivity index (χ4v) is 3.42. The Hall–Kier alpha value is -0.620. The van der Waals surface area contributed by atoms with Gasteiger partial charge in [-0.05, 0) is 30.5 Å². The molecule has 2 aliphatic heterocycles. The van der Waals surface area contributed by atoms with Crippen LogP contribution in [0.4, 0.5) is 0 Å². The van der Waals surface area contributed by atoms with Crippen molar-refractivity contribution in [1.29, 1.82) is 0 Å². The molecule has 0 saturated carbocycles. The quantitative estimate of drug-likeness (QED) is 0.830. The molecule has 0 aromatic heterocycles. The zero-order valence-electron chi connectivity index (χ0n) is 12.4. The summed E-state index contributed by atoms with van der Waals surface area (Å²) in [5.74, 6) is 0.319. The molecule has 2 fully saturated rings. The van der Waals surface area contributed by atoms with Crippen LogP contribution >= 0.6 is 28.3 Å². The topological polar surface area (TPSA) is 50.4 Å². The number of halogens is 2. The molecule has 122 valence electrons. The molecule has 1 aromatic rings. The summed E-state index contributed by atoms with van der Waals surface area (Å²) in [6.45, 7) is 3.82. The van der Waals surface area contributed by atoms with Gasteiger partial charge in [0, 0.05) is 42.7 Å². The van der Waals surface area contributed by atoms with E-state index in [0.717, 1.165) is 43.6 Å². The van der Waals surface area contributed by atoms with Crippen LogP contribution < -0.4 is 10.6 Å². The third kappa shape index (κ3) is 3.82. The summed E-state index contributed by atoms with van der Waals surface area (Å²) in [6, 6.07) is 8.43. The van der Waals surface area contributed by atoms with Crippen molar-refractivity contribution >= 4 is 34.2 Å². The van der Waals surface area contributed by atoms with Crippen LogP contribution in [0.1, 0.15) is 18.4 Å². The molecule has 1 aromatic carbocycles. The van der Waals surface area contributed by atoms with E-state index in [9.17, 15) is 4.79 Å². The summed E-state index contributed by atoms with van der Waals surface area (Å²) >= 11 is 3.55. The number of ether oxygens (including phenoxy) is 1. The monoisotopic (exact) mass is 388 g/mol. The lowest BCUT2D eigenvalue weighted by Crippen LogP contribution is -2.53. The van der Waals surface area contributed by atoms with Gasteiger partial charge in [0.1, 0.15) is 0 Å². The molecule has 0 radical (unpaired) electrons. The first-order valence-electron chi connectivity index (χ1n) is 7.52. The first-order valence-corrected chi connectivity index (χ1v) is 8.31. The summed E-state index contributed by atoms with van der Waals surface area (Å²) in [6.07, 6.45) is 1.90. The van der Waals surface area contributed by atoms with E-state index in [0.29, 0.717) is 6.54 Å². The van der Waals surface area contributed by atoms with Crippen molar-refractivity contribution < 1.29 is 9.53 Å². The third-order valence-corrected chi connectivity index (χ3v) is 5.13. The Kier molecular flexibility index (Phi) is 6.26. The maximum Gasteiger partial charge on any atom is 0.225 e. The number of rotatable bonds is 4. The molecule has 2 heterocycles. The van der Waals surface area contributed by atoms with E-state index in [1.54, 1.807) is 0 Å². The Morgan fingerprint density at radius 2 is 2.09 bits per heavy atom. The minimum atomic E-state index is -0.00509. The van der Waals surface area contributed by atoms with Crippen molar-refractivity contribution in [2.45, 2.75) is 18.3 Å². The van der Waals surface area contributed by atoms with E-state index in [1.807, 2.05) is 6.07 Å². The minimum absolute atomic E-state index is 0. The van der Waals surface area contributed by atoms with Gasteiger partial charge < -0.3 is 15.4 Å². The summed E-state index contributed by atoms with van der Waals surface area (Å²) in [4.78, 5) is 12.1. The maximum atomic E-state index is 12.1. The molecule has 2 saturated heterocycles. The molecule has 0 aliphatic carbocycles. The summed E-state index contributed by atoms with van der Waals surface area (Å²) in [5.41, 5.74) is 1.28. The highest BCUT2D eigenvalue weighted by molar-refractivity contribution is 9.10. The largest absolute Gasteiger partial charge is 0.381 e. The molecule has 4 nitrogen and oxygen atoms in total. The standard InChI is InChI=1S/C16H21BrN2O2.ClH/c17-14-3-1-2-13(8-14)16(4-6-21-7-5-16)11-19-15(20)12-9-18-10-12;/h1-3,8,12,18H,4-7,9-11H2,(H,19,20);1H. The van der Waals surface area contributed by atoms with Crippen LogP contribution in [0.3, 0.4) is 0 Å². The Labute approximate surface area is 145 Å². The molecule has 0 bridgehead atoms. The van der Waals surface area contributed by atoms with E-state index >= 15 is 0 Å². The van der Waals surface area contributed by atoms with Crippen LogP contribution in [0, 0.1) is 5.92 Å². The van der Waals surface area contributed by atoms with Crippen molar-refractivity contribution in [3.05, 3.63) is 34.3 Å².